The topological polar surface area (TPSA) is 55.4 Å². The zero-order valence-electron chi connectivity index (χ0n) is 14.7. The second kappa shape index (κ2) is 7.16. The molecule has 25 heavy (non-hydrogen) atoms. The van der Waals surface area contributed by atoms with Gasteiger partial charge in [0.25, 0.3) is 0 Å². The SMILES string of the molecule is CC1=C(C(=O)OC(C)C)[C@@H](c2ccc(Br)cc2)C2=C(CCCC2=O)N1. The first-order chi connectivity index (χ1) is 11.9. The lowest BCUT2D eigenvalue weighted by atomic mass is 9.75. The largest absolute Gasteiger partial charge is 0.460 e. The van der Waals surface area contributed by atoms with Crippen molar-refractivity contribution in [3.05, 3.63) is 56.8 Å². The third kappa shape index (κ3) is 3.56. The van der Waals surface area contributed by atoms with E-state index in [-0.39, 0.29) is 23.8 Å². The fourth-order valence-electron chi connectivity index (χ4n) is 3.52. The molecule has 1 aliphatic carbocycles. The molecule has 0 radical (unpaired) electrons. The maximum atomic E-state index is 12.8. The minimum absolute atomic E-state index is 0.115. The maximum Gasteiger partial charge on any atom is 0.337 e. The molecule has 0 saturated carbocycles. The molecule has 2 aliphatic rings. The number of hydrogen-bond acceptors (Lipinski definition) is 4. The summed E-state index contributed by atoms with van der Waals surface area (Å²) in [6, 6.07) is 7.79. The molecule has 1 heterocycles. The number of carbonyl (C=O) groups excluding carboxylic acids is 2. The van der Waals surface area contributed by atoms with E-state index in [2.05, 4.69) is 21.2 Å². The van der Waals surface area contributed by atoms with Crippen molar-refractivity contribution in [1.29, 1.82) is 0 Å². The Morgan fingerprint density at radius 3 is 2.56 bits per heavy atom. The van der Waals surface area contributed by atoms with Crippen LogP contribution in [0.15, 0.2) is 51.3 Å². The Bertz CT molecular complexity index is 775. The van der Waals surface area contributed by atoms with Gasteiger partial charge in [0.2, 0.25) is 0 Å². The standard InChI is InChI=1S/C20H22BrNO3/c1-11(2)25-20(24)17-12(3)22-15-5-4-6-16(23)19(15)18(17)13-7-9-14(21)10-8-13/h7-11,18,22H,4-6H2,1-3H3/t18-/m1/s1. The highest BCUT2D eigenvalue weighted by Gasteiger charge is 2.39. The molecule has 1 N–H and O–H groups in total. The predicted molar refractivity (Wildman–Crippen MR) is 99.8 cm³/mol. The molecule has 1 aliphatic heterocycles. The van der Waals surface area contributed by atoms with Crippen LogP contribution in [0.1, 0.15) is 51.5 Å². The van der Waals surface area contributed by atoms with Gasteiger partial charge in [0.05, 0.1) is 11.7 Å². The van der Waals surface area contributed by atoms with Gasteiger partial charge in [0.1, 0.15) is 0 Å². The Morgan fingerprint density at radius 1 is 1.24 bits per heavy atom. The molecule has 1 atom stereocenters. The second-order valence-electron chi connectivity index (χ2n) is 6.77. The number of carbonyl (C=O) groups is 2. The number of hydrogen-bond donors (Lipinski definition) is 1. The van der Waals surface area contributed by atoms with E-state index in [4.69, 9.17) is 4.74 Å². The second-order valence-corrected chi connectivity index (χ2v) is 7.69. The van der Waals surface area contributed by atoms with Crippen LogP contribution in [0.3, 0.4) is 0 Å². The smallest absolute Gasteiger partial charge is 0.337 e. The van der Waals surface area contributed by atoms with Gasteiger partial charge in [-0.3, -0.25) is 4.79 Å². The van der Waals surface area contributed by atoms with E-state index < -0.39 is 0 Å². The molecular weight excluding hydrogens is 382 g/mol. The Balaban J connectivity index is 2.13. The molecule has 0 aromatic heterocycles. The monoisotopic (exact) mass is 403 g/mol. The third-order valence-electron chi connectivity index (χ3n) is 4.54. The Hall–Kier alpha value is -1.88. The molecule has 0 fully saturated rings. The number of rotatable bonds is 3. The normalized spacial score (nSPS) is 20.5. The van der Waals surface area contributed by atoms with Crippen molar-refractivity contribution in [2.45, 2.75) is 52.1 Å². The lowest BCUT2D eigenvalue weighted by Gasteiger charge is -2.34. The van der Waals surface area contributed by atoms with E-state index in [1.165, 1.54) is 0 Å². The summed E-state index contributed by atoms with van der Waals surface area (Å²) in [5.41, 5.74) is 3.90. The summed E-state index contributed by atoms with van der Waals surface area (Å²) in [6.45, 7) is 5.54. The first-order valence-electron chi connectivity index (χ1n) is 8.59. The number of halogens is 1. The van der Waals surface area contributed by atoms with Gasteiger partial charge in [-0.05, 0) is 51.3 Å². The molecule has 0 spiro atoms. The first kappa shape index (κ1) is 17.9. The van der Waals surface area contributed by atoms with E-state index in [0.29, 0.717) is 12.0 Å². The highest BCUT2D eigenvalue weighted by Crippen LogP contribution is 2.42. The van der Waals surface area contributed by atoms with Crippen molar-refractivity contribution >= 4 is 27.7 Å². The van der Waals surface area contributed by atoms with Gasteiger partial charge in [0.15, 0.2) is 5.78 Å². The van der Waals surface area contributed by atoms with E-state index in [9.17, 15) is 9.59 Å². The van der Waals surface area contributed by atoms with Crippen LogP contribution < -0.4 is 5.32 Å². The van der Waals surface area contributed by atoms with Gasteiger partial charge in [-0.15, -0.1) is 0 Å². The zero-order chi connectivity index (χ0) is 18.1. The number of dihydropyridines is 1. The van der Waals surface area contributed by atoms with E-state index in [1.807, 2.05) is 45.0 Å². The minimum atomic E-state index is -0.372. The lowest BCUT2D eigenvalue weighted by molar-refractivity contribution is -0.143. The molecule has 3 rings (SSSR count). The van der Waals surface area contributed by atoms with Crippen molar-refractivity contribution in [3.8, 4) is 0 Å². The maximum absolute atomic E-state index is 12.8. The number of ether oxygens (including phenoxy) is 1. The van der Waals surface area contributed by atoms with Crippen LogP contribution >= 0.6 is 15.9 Å². The fraction of sp³-hybridized carbons (Fsp3) is 0.400. The van der Waals surface area contributed by atoms with Crippen molar-refractivity contribution in [1.82, 2.24) is 5.32 Å². The summed E-state index contributed by atoms with van der Waals surface area (Å²) >= 11 is 3.44. The molecule has 1 aromatic carbocycles. The highest BCUT2D eigenvalue weighted by atomic mass is 79.9. The number of Topliss-reactive ketones (excluding diaryl/α,β-unsaturated/α-hetero) is 1. The summed E-state index contributed by atoms with van der Waals surface area (Å²) in [4.78, 5) is 25.5. The van der Waals surface area contributed by atoms with Gasteiger partial charge >= 0.3 is 5.97 Å². The van der Waals surface area contributed by atoms with Gasteiger partial charge in [-0.25, -0.2) is 4.79 Å². The molecule has 0 saturated heterocycles. The van der Waals surface area contributed by atoms with Gasteiger partial charge in [-0.2, -0.15) is 0 Å². The van der Waals surface area contributed by atoms with Gasteiger partial charge in [0, 0.05) is 33.8 Å². The molecule has 0 bridgehead atoms. The number of ketones is 1. The van der Waals surface area contributed by atoms with Crippen molar-refractivity contribution in [2.24, 2.45) is 0 Å². The Labute approximate surface area is 156 Å². The number of allylic oxidation sites excluding steroid dienone is 3. The van der Waals surface area contributed by atoms with Crippen LogP contribution in [0.2, 0.25) is 0 Å². The molecule has 1 aromatic rings. The lowest BCUT2D eigenvalue weighted by Crippen LogP contribution is -2.34. The Kier molecular flexibility index (Phi) is 5.13. The third-order valence-corrected chi connectivity index (χ3v) is 5.07. The van der Waals surface area contributed by atoms with Crippen LogP contribution in [0.4, 0.5) is 0 Å². The summed E-state index contributed by atoms with van der Waals surface area (Å²) < 4.78 is 6.43. The summed E-state index contributed by atoms with van der Waals surface area (Å²) in [5, 5.41) is 3.29. The average molecular weight is 404 g/mol. The van der Waals surface area contributed by atoms with E-state index in [0.717, 1.165) is 39.8 Å². The van der Waals surface area contributed by atoms with E-state index in [1.54, 1.807) is 0 Å². The number of nitrogens with one attached hydrogen (secondary N) is 1. The molecule has 132 valence electrons. The van der Waals surface area contributed by atoms with Crippen molar-refractivity contribution < 1.29 is 14.3 Å². The molecule has 5 heteroatoms. The van der Waals surface area contributed by atoms with Gasteiger partial charge in [-0.1, -0.05) is 28.1 Å². The Morgan fingerprint density at radius 2 is 1.92 bits per heavy atom. The molecule has 4 nitrogen and oxygen atoms in total. The molecular formula is C20H22BrNO3. The van der Waals surface area contributed by atoms with E-state index >= 15 is 0 Å². The number of benzene rings is 1. The van der Waals surface area contributed by atoms with Crippen LogP contribution in [0.25, 0.3) is 0 Å². The van der Waals surface area contributed by atoms with Crippen molar-refractivity contribution in [3.63, 3.8) is 0 Å². The minimum Gasteiger partial charge on any atom is -0.460 e. The van der Waals surface area contributed by atoms with Crippen LogP contribution in [-0.2, 0) is 14.3 Å². The average Bonchev–Trinajstić information content (AvgIpc) is 2.53. The van der Waals surface area contributed by atoms with Crippen LogP contribution in [0, 0.1) is 0 Å². The van der Waals surface area contributed by atoms with Gasteiger partial charge < -0.3 is 10.1 Å². The number of esters is 1. The highest BCUT2D eigenvalue weighted by molar-refractivity contribution is 9.10. The summed E-state index contributed by atoms with van der Waals surface area (Å²) in [7, 11) is 0. The first-order valence-corrected chi connectivity index (χ1v) is 9.38. The molecule has 0 amide bonds. The van der Waals surface area contributed by atoms with Crippen molar-refractivity contribution in [2.75, 3.05) is 0 Å². The fourth-order valence-corrected chi connectivity index (χ4v) is 3.78. The summed E-state index contributed by atoms with van der Waals surface area (Å²) in [5.74, 6) is -0.620. The van der Waals surface area contributed by atoms with Crippen LogP contribution in [-0.4, -0.2) is 17.9 Å². The van der Waals surface area contributed by atoms with Crippen LogP contribution in [0.5, 0.6) is 0 Å². The predicted octanol–water partition coefficient (Wildman–Crippen LogP) is 4.37. The quantitative estimate of drug-likeness (QED) is 0.761. The zero-order valence-corrected chi connectivity index (χ0v) is 16.3. The summed E-state index contributed by atoms with van der Waals surface area (Å²) in [6.07, 6.45) is 1.99. The molecule has 0 unspecified atom stereocenters.